The number of rotatable bonds is 10. The molecule has 0 spiro atoms. The van der Waals surface area contributed by atoms with Crippen LogP contribution >= 0.6 is 0 Å². The SMILES string of the molecule is O=C(CCCOc1ccccc1)NOCCOc1ccccc1. The topological polar surface area (TPSA) is 56.8 Å². The van der Waals surface area contributed by atoms with Gasteiger partial charge in [-0.15, -0.1) is 0 Å². The molecule has 2 aromatic rings. The molecule has 0 saturated heterocycles. The van der Waals surface area contributed by atoms with Crippen LogP contribution in [0.25, 0.3) is 0 Å². The van der Waals surface area contributed by atoms with Gasteiger partial charge in [0.05, 0.1) is 6.61 Å². The smallest absolute Gasteiger partial charge is 0.243 e. The number of hydroxylamine groups is 1. The van der Waals surface area contributed by atoms with E-state index in [2.05, 4.69) is 5.48 Å². The summed E-state index contributed by atoms with van der Waals surface area (Å²) < 4.78 is 10.9. The molecule has 2 rings (SSSR count). The molecule has 5 heteroatoms. The highest BCUT2D eigenvalue weighted by atomic mass is 16.7. The number of benzene rings is 2. The van der Waals surface area contributed by atoms with Gasteiger partial charge in [0.15, 0.2) is 0 Å². The highest BCUT2D eigenvalue weighted by Gasteiger charge is 2.01. The van der Waals surface area contributed by atoms with E-state index in [0.717, 1.165) is 11.5 Å². The Kier molecular flexibility index (Phi) is 7.49. The van der Waals surface area contributed by atoms with Crippen LogP contribution in [0.1, 0.15) is 12.8 Å². The number of hydrogen-bond acceptors (Lipinski definition) is 4. The molecule has 0 atom stereocenters. The fraction of sp³-hybridized carbons (Fsp3) is 0.278. The van der Waals surface area contributed by atoms with Gasteiger partial charge in [-0.05, 0) is 30.7 Å². The number of ether oxygens (including phenoxy) is 2. The van der Waals surface area contributed by atoms with Crippen molar-refractivity contribution in [2.24, 2.45) is 0 Å². The number of carbonyl (C=O) groups is 1. The fourth-order valence-electron chi connectivity index (χ4n) is 1.84. The maximum Gasteiger partial charge on any atom is 0.243 e. The van der Waals surface area contributed by atoms with Crippen molar-refractivity contribution in [3.63, 3.8) is 0 Å². The van der Waals surface area contributed by atoms with Gasteiger partial charge in [-0.1, -0.05) is 36.4 Å². The van der Waals surface area contributed by atoms with E-state index >= 15 is 0 Å². The van der Waals surface area contributed by atoms with E-state index in [0.29, 0.717) is 32.7 Å². The molecule has 0 radical (unpaired) electrons. The number of carbonyl (C=O) groups excluding carboxylic acids is 1. The molecule has 0 bridgehead atoms. The Hall–Kier alpha value is -2.53. The molecule has 5 nitrogen and oxygen atoms in total. The lowest BCUT2D eigenvalue weighted by molar-refractivity contribution is -0.134. The van der Waals surface area contributed by atoms with Crippen molar-refractivity contribution < 1.29 is 19.1 Å². The first-order valence-corrected chi connectivity index (χ1v) is 7.61. The third kappa shape index (κ3) is 7.33. The predicted octanol–water partition coefficient (Wildman–Crippen LogP) is 2.97. The molecule has 2 aromatic carbocycles. The zero-order valence-electron chi connectivity index (χ0n) is 12.9. The number of nitrogens with one attached hydrogen (secondary N) is 1. The summed E-state index contributed by atoms with van der Waals surface area (Å²) in [6.07, 6.45) is 0.983. The van der Waals surface area contributed by atoms with Crippen molar-refractivity contribution >= 4 is 5.91 Å². The third-order valence-electron chi connectivity index (χ3n) is 2.94. The molecule has 122 valence electrons. The summed E-state index contributed by atoms with van der Waals surface area (Å²) in [6, 6.07) is 19.0. The van der Waals surface area contributed by atoms with Gasteiger partial charge in [-0.25, -0.2) is 5.48 Å². The Morgan fingerprint density at radius 1 is 0.783 bits per heavy atom. The van der Waals surface area contributed by atoms with Crippen molar-refractivity contribution in [3.8, 4) is 11.5 Å². The molecule has 0 heterocycles. The van der Waals surface area contributed by atoms with Crippen LogP contribution < -0.4 is 15.0 Å². The minimum Gasteiger partial charge on any atom is -0.494 e. The Balaban J connectivity index is 1.45. The monoisotopic (exact) mass is 315 g/mol. The lowest BCUT2D eigenvalue weighted by atomic mass is 10.3. The maximum absolute atomic E-state index is 11.6. The average molecular weight is 315 g/mol. The Morgan fingerprint density at radius 2 is 1.35 bits per heavy atom. The van der Waals surface area contributed by atoms with E-state index in [1.807, 2.05) is 60.7 Å². The van der Waals surface area contributed by atoms with E-state index in [1.54, 1.807) is 0 Å². The first-order valence-electron chi connectivity index (χ1n) is 7.61. The van der Waals surface area contributed by atoms with Crippen LogP contribution in [0, 0.1) is 0 Å². The van der Waals surface area contributed by atoms with Gasteiger partial charge in [0, 0.05) is 6.42 Å². The normalized spacial score (nSPS) is 10.1. The summed E-state index contributed by atoms with van der Waals surface area (Å²) in [4.78, 5) is 16.6. The van der Waals surface area contributed by atoms with Crippen LogP contribution in [0.15, 0.2) is 60.7 Å². The van der Waals surface area contributed by atoms with Gasteiger partial charge in [-0.2, -0.15) is 0 Å². The van der Waals surface area contributed by atoms with E-state index in [-0.39, 0.29) is 5.91 Å². The predicted molar refractivity (Wildman–Crippen MR) is 87.2 cm³/mol. The van der Waals surface area contributed by atoms with Crippen molar-refractivity contribution in [2.45, 2.75) is 12.8 Å². The second-order valence-electron chi connectivity index (χ2n) is 4.80. The fourth-order valence-corrected chi connectivity index (χ4v) is 1.84. The van der Waals surface area contributed by atoms with Crippen molar-refractivity contribution in [1.29, 1.82) is 0 Å². The summed E-state index contributed by atoms with van der Waals surface area (Å²) in [7, 11) is 0. The highest BCUT2D eigenvalue weighted by Crippen LogP contribution is 2.09. The Morgan fingerprint density at radius 3 is 1.96 bits per heavy atom. The van der Waals surface area contributed by atoms with E-state index < -0.39 is 0 Å². The van der Waals surface area contributed by atoms with Gasteiger partial charge < -0.3 is 9.47 Å². The molecule has 0 aliphatic carbocycles. The van der Waals surface area contributed by atoms with Gasteiger partial charge in [0.1, 0.15) is 24.7 Å². The zero-order valence-corrected chi connectivity index (χ0v) is 12.9. The maximum atomic E-state index is 11.6. The summed E-state index contributed by atoms with van der Waals surface area (Å²) in [5, 5.41) is 0. The summed E-state index contributed by atoms with van der Waals surface area (Å²) >= 11 is 0. The second kappa shape index (κ2) is 10.2. The Bertz CT molecular complexity index is 560. The number of para-hydroxylation sites is 2. The molecule has 0 aromatic heterocycles. The van der Waals surface area contributed by atoms with Crippen LogP contribution in [0.2, 0.25) is 0 Å². The van der Waals surface area contributed by atoms with Gasteiger partial charge in [-0.3, -0.25) is 9.63 Å². The van der Waals surface area contributed by atoms with Crippen LogP contribution in [0.4, 0.5) is 0 Å². The first-order chi connectivity index (χ1) is 11.3. The second-order valence-corrected chi connectivity index (χ2v) is 4.80. The molecule has 0 saturated carbocycles. The van der Waals surface area contributed by atoms with E-state index in [9.17, 15) is 4.79 Å². The van der Waals surface area contributed by atoms with Crippen LogP contribution in [-0.2, 0) is 9.63 Å². The molecule has 1 N–H and O–H groups in total. The van der Waals surface area contributed by atoms with Crippen LogP contribution in [-0.4, -0.2) is 25.7 Å². The molecule has 0 aliphatic rings. The molecule has 23 heavy (non-hydrogen) atoms. The van der Waals surface area contributed by atoms with Crippen molar-refractivity contribution in [3.05, 3.63) is 60.7 Å². The van der Waals surface area contributed by atoms with Gasteiger partial charge in [0.25, 0.3) is 0 Å². The van der Waals surface area contributed by atoms with E-state index in [4.69, 9.17) is 14.3 Å². The molecule has 0 aliphatic heterocycles. The molecule has 1 amide bonds. The quantitative estimate of drug-likeness (QED) is 0.541. The highest BCUT2D eigenvalue weighted by molar-refractivity contribution is 5.74. The van der Waals surface area contributed by atoms with Crippen molar-refractivity contribution in [2.75, 3.05) is 19.8 Å². The summed E-state index contributed by atoms with van der Waals surface area (Å²) in [6.45, 7) is 1.16. The average Bonchev–Trinajstić information content (AvgIpc) is 2.60. The number of hydrogen-bond donors (Lipinski definition) is 1. The molecular formula is C18H21NO4. The molecular weight excluding hydrogens is 294 g/mol. The zero-order chi connectivity index (χ0) is 16.2. The number of amides is 1. The van der Waals surface area contributed by atoms with Crippen LogP contribution in [0.3, 0.4) is 0 Å². The van der Waals surface area contributed by atoms with Gasteiger partial charge >= 0.3 is 0 Å². The third-order valence-corrected chi connectivity index (χ3v) is 2.94. The lowest BCUT2D eigenvalue weighted by Gasteiger charge is -2.08. The first kappa shape index (κ1) is 16.8. The van der Waals surface area contributed by atoms with Crippen LogP contribution in [0.5, 0.6) is 11.5 Å². The van der Waals surface area contributed by atoms with Crippen molar-refractivity contribution in [1.82, 2.24) is 5.48 Å². The largest absolute Gasteiger partial charge is 0.494 e. The minimum atomic E-state index is -0.165. The molecule has 0 unspecified atom stereocenters. The lowest BCUT2D eigenvalue weighted by Crippen LogP contribution is -2.26. The molecule has 0 fully saturated rings. The van der Waals surface area contributed by atoms with E-state index in [1.165, 1.54) is 0 Å². The summed E-state index contributed by atoms with van der Waals surface area (Å²) in [5.74, 6) is 1.42. The summed E-state index contributed by atoms with van der Waals surface area (Å²) in [5.41, 5.74) is 2.39. The Labute approximate surface area is 136 Å². The standard InChI is InChI=1S/C18H21NO4/c20-18(12-7-13-21-16-8-3-1-4-9-16)19-23-15-14-22-17-10-5-2-6-11-17/h1-6,8-11H,7,12-15H2,(H,19,20). The minimum absolute atomic E-state index is 0.165. The van der Waals surface area contributed by atoms with Gasteiger partial charge in [0.2, 0.25) is 5.91 Å².